The van der Waals surface area contributed by atoms with E-state index in [1.807, 2.05) is 6.07 Å². The summed E-state index contributed by atoms with van der Waals surface area (Å²) in [6, 6.07) is 13.1. The molecular formula is C17H21ClN2S. The van der Waals surface area contributed by atoms with Crippen molar-refractivity contribution in [2.24, 2.45) is 5.73 Å². The second-order valence-corrected chi connectivity index (χ2v) is 7.58. The first-order chi connectivity index (χ1) is 10.2. The second-order valence-electron chi connectivity index (χ2n) is 5.78. The quantitative estimate of drug-likeness (QED) is 0.854. The summed E-state index contributed by atoms with van der Waals surface area (Å²) in [4.78, 5) is 3.62. The normalized spacial score (nSPS) is 16.4. The zero-order valence-electron chi connectivity index (χ0n) is 12.3. The Hall–Kier alpha value is -0.870. The average Bonchev–Trinajstić information content (AvgIpc) is 3.24. The Morgan fingerprint density at radius 2 is 2.05 bits per heavy atom. The number of benzene rings is 1. The summed E-state index contributed by atoms with van der Waals surface area (Å²) in [6.07, 6.45) is 2.64. The van der Waals surface area contributed by atoms with Crippen molar-refractivity contribution in [2.45, 2.75) is 31.3 Å². The van der Waals surface area contributed by atoms with Crippen molar-refractivity contribution >= 4 is 22.9 Å². The van der Waals surface area contributed by atoms with Gasteiger partial charge in [0.2, 0.25) is 0 Å². The number of nitrogens with zero attached hydrogens (tertiary/aromatic N) is 1. The number of hydrogen-bond acceptors (Lipinski definition) is 3. The third kappa shape index (κ3) is 3.49. The third-order valence-electron chi connectivity index (χ3n) is 4.16. The molecule has 2 nitrogen and oxygen atoms in total. The molecule has 1 atom stereocenters. The largest absolute Gasteiger partial charge is 0.329 e. The van der Waals surface area contributed by atoms with Crippen LogP contribution in [-0.4, -0.2) is 18.5 Å². The molecule has 4 heteroatoms. The van der Waals surface area contributed by atoms with E-state index in [0.29, 0.717) is 6.54 Å². The van der Waals surface area contributed by atoms with Crippen LogP contribution in [0.25, 0.3) is 0 Å². The van der Waals surface area contributed by atoms with Crippen LogP contribution in [0.1, 0.15) is 40.8 Å². The van der Waals surface area contributed by atoms with Gasteiger partial charge in [0.15, 0.2) is 0 Å². The highest BCUT2D eigenvalue weighted by Gasteiger charge is 2.29. The Kier molecular flexibility index (Phi) is 4.65. The van der Waals surface area contributed by atoms with Crippen LogP contribution in [0.4, 0.5) is 0 Å². The monoisotopic (exact) mass is 320 g/mol. The number of halogens is 1. The van der Waals surface area contributed by atoms with Crippen molar-refractivity contribution < 1.29 is 0 Å². The van der Waals surface area contributed by atoms with Crippen LogP contribution in [-0.2, 0) is 6.54 Å². The van der Waals surface area contributed by atoms with Crippen LogP contribution in [0, 0.1) is 0 Å². The lowest BCUT2D eigenvalue weighted by molar-refractivity contribution is 0.243. The summed E-state index contributed by atoms with van der Waals surface area (Å²) in [5, 5.41) is 0. The van der Waals surface area contributed by atoms with Crippen LogP contribution in [0.3, 0.4) is 0 Å². The lowest BCUT2D eigenvalue weighted by Gasteiger charge is -2.28. The Bertz CT molecular complexity index is 606. The van der Waals surface area contributed by atoms with Crippen molar-refractivity contribution in [2.75, 3.05) is 13.6 Å². The summed E-state index contributed by atoms with van der Waals surface area (Å²) in [5.74, 6) is 0.750. The standard InChI is InChI=1S/C17H21ClN2S/c1-20(11-13-8-9-17(18)21-13)16(10-19)15-5-3-2-4-14(15)12-6-7-12/h2-5,8-9,12,16H,6-7,10-11,19H2,1H3. The maximum absolute atomic E-state index is 6.09. The van der Waals surface area contributed by atoms with Crippen molar-refractivity contribution in [3.05, 3.63) is 56.7 Å². The van der Waals surface area contributed by atoms with Crippen molar-refractivity contribution in [3.63, 3.8) is 0 Å². The van der Waals surface area contributed by atoms with Gasteiger partial charge in [-0.2, -0.15) is 0 Å². The maximum Gasteiger partial charge on any atom is 0.0931 e. The summed E-state index contributed by atoms with van der Waals surface area (Å²) < 4.78 is 0.848. The van der Waals surface area contributed by atoms with Crippen LogP contribution in [0.5, 0.6) is 0 Å². The van der Waals surface area contributed by atoms with Gasteiger partial charge in [-0.3, -0.25) is 4.90 Å². The second kappa shape index (κ2) is 6.49. The van der Waals surface area contributed by atoms with E-state index in [9.17, 15) is 0 Å². The SMILES string of the molecule is CN(Cc1ccc(Cl)s1)C(CN)c1ccccc1C1CC1. The van der Waals surface area contributed by atoms with Crippen LogP contribution < -0.4 is 5.73 Å². The van der Waals surface area contributed by atoms with E-state index in [1.165, 1.54) is 28.8 Å². The zero-order valence-corrected chi connectivity index (χ0v) is 13.8. The molecule has 0 bridgehead atoms. The molecule has 112 valence electrons. The molecule has 1 fully saturated rings. The molecule has 1 unspecified atom stereocenters. The zero-order chi connectivity index (χ0) is 14.8. The number of nitrogens with two attached hydrogens (primary N) is 1. The first-order valence-electron chi connectivity index (χ1n) is 7.42. The smallest absolute Gasteiger partial charge is 0.0931 e. The molecule has 0 aliphatic heterocycles. The summed E-state index contributed by atoms with van der Waals surface area (Å²) in [7, 11) is 2.15. The van der Waals surface area contributed by atoms with Gasteiger partial charge in [0, 0.05) is 24.0 Å². The van der Waals surface area contributed by atoms with Crippen molar-refractivity contribution in [3.8, 4) is 0 Å². The number of rotatable bonds is 6. The van der Waals surface area contributed by atoms with Crippen LogP contribution in [0.2, 0.25) is 4.34 Å². The summed E-state index contributed by atoms with van der Waals surface area (Å²) in [6.45, 7) is 1.53. The van der Waals surface area contributed by atoms with Crippen LogP contribution >= 0.6 is 22.9 Å². The Morgan fingerprint density at radius 3 is 2.67 bits per heavy atom. The number of thiophene rings is 1. The van der Waals surface area contributed by atoms with E-state index >= 15 is 0 Å². The van der Waals surface area contributed by atoms with Gasteiger partial charge in [0.05, 0.1) is 4.34 Å². The van der Waals surface area contributed by atoms with Gasteiger partial charge in [-0.15, -0.1) is 11.3 Å². The highest BCUT2D eigenvalue weighted by Crippen LogP contribution is 2.43. The lowest BCUT2D eigenvalue weighted by atomic mass is 9.96. The highest BCUT2D eigenvalue weighted by atomic mass is 35.5. The van der Waals surface area contributed by atoms with Gasteiger partial charge < -0.3 is 5.73 Å². The molecule has 1 aromatic heterocycles. The minimum Gasteiger partial charge on any atom is -0.329 e. The molecule has 0 saturated heterocycles. The maximum atomic E-state index is 6.09. The van der Waals surface area contributed by atoms with E-state index in [-0.39, 0.29) is 6.04 Å². The van der Waals surface area contributed by atoms with E-state index in [2.05, 4.69) is 42.3 Å². The summed E-state index contributed by atoms with van der Waals surface area (Å²) >= 11 is 7.67. The minimum absolute atomic E-state index is 0.266. The van der Waals surface area contributed by atoms with Crippen molar-refractivity contribution in [1.82, 2.24) is 4.90 Å². The molecule has 0 radical (unpaired) electrons. The molecule has 2 aromatic rings. The molecule has 1 saturated carbocycles. The van der Waals surface area contributed by atoms with Gasteiger partial charge in [-0.25, -0.2) is 0 Å². The first kappa shape index (κ1) is 15.0. The molecule has 21 heavy (non-hydrogen) atoms. The molecule has 3 rings (SSSR count). The van der Waals surface area contributed by atoms with E-state index in [0.717, 1.165) is 16.8 Å². The van der Waals surface area contributed by atoms with Gasteiger partial charge in [0.1, 0.15) is 0 Å². The molecule has 0 spiro atoms. The number of likely N-dealkylation sites (N-methyl/N-ethyl adjacent to an activating group) is 1. The summed E-state index contributed by atoms with van der Waals surface area (Å²) in [5.41, 5.74) is 8.98. The van der Waals surface area contributed by atoms with E-state index in [4.69, 9.17) is 17.3 Å². The van der Waals surface area contributed by atoms with Gasteiger partial charge in [-0.1, -0.05) is 35.9 Å². The fourth-order valence-electron chi connectivity index (χ4n) is 2.92. The predicted molar refractivity (Wildman–Crippen MR) is 91.0 cm³/mol. The van der Waals surface area contributed by atoms with E-state index in [1.54, 1.807) is 11.3 Å². The Balaban J connectivity index is 1.80. The Labute approximate surface area is 135 Å². The minimum atomic E-state index is 0.266. The fourth-order valence-corrected chi connectivity index (χ4v) is 4.07. The van der Waals surface area contributed by atoms with Gasteiger partial charge in [-0.05, 0) is 49.1 Å². The molecule has 1 aromatic carbocycles. The molecule has 1 heterocycles. The van der Waals surface area contributed by atoms with Crippen molar-refractivity contribution in [1.29, 1.82) is 0 Å². The first-order valence-corrected chi connectivity index (χ1v) is 8.62. The molecule has 1 aliphatic rings. The van der Waals surface area contributed by atoms with E-state index < -0.39 is 0 Å². The van der Waals surface area contributed by atoms with Crippen LogP contribution in [0.15, 0.2) is 36.4 Å². The highest BCUT2D eigenvalue weighted by molar-refractivity contribution is 7.16. The average molecular weight is 321 g/mol. The van der Waals surface area contributed by atoms with Gasteiger partial charge in [0.25, 0.3) is 0 Å². The predicted octanol–water partition coefficient (Wildman–Crippen LogP) is 4.41. The topological polar surface area (TPSA) is 29.3 Å². The molecule has 0 amide bonds. The number of hydrogen-bond donors (Lipinski definition) is 1. The molecular weight excluding hydrogens is 300 g/mol. The van der Waals surface area contributed by atoms with Gasteiger partial charge >= 0.3 is 0 Å². The Morgan fingerprint density at radius 1 is 1.29 bits per heavy atom. The molecule has 2 N–H and O–H groups in total. The molecule has 1 aliphatic carbocycles. The fraction of sp³-hybridized carbons (Fsp3) is 0.412. The third-order valence-corrected chi connectivity index (χ3v) is 5.38. The lowest BCUT2D eigenvalue weighted by Crippen LogP contribution is -2.30.